The molecule has 7 nitrogen and oxygen atoms in total. The van der Waals surface area contributed by atoms with Crippen LogP contribution in [0.25, 0.3) is 11.6 Å². The second-order valence-corrected chi connectivity index (χ2v) is 11.0. The summed E-state index contributed by atoms with van der Waals surface area (Å²) in [6.07, 6.45) is 3.29. The molecule has 0 aliphatic carbocycles. The number of carbonyl (C=O) groups excluding carboxylic acids is 2. The minimum absolute atomic E-state index is 0.0354. The van der Waals surface area contributed by atoms with E-state index < -0.39 is 16.6 Å². The number of aromatic nitrogens is 1. The summed E-state index contributed by atoms with van der Waals surface area (Å²) in [5, 5.41) is 2.85. The van der Waals surface area contributed by atoms with Gasteiger partial charge in [0.15, 0.2) is 0 Å². The predicted molar refractivity (Wildman–Crippen MR) is 143 cm³/mol. The van der Waals surface area contributed by atoms with Gasteiger partial charge in [-0.05, 0) is 62.6 Å². The highest BCUT2D eigenvalue weighted by Gasteiger charge is 2.29. The number of H-pyrrole nitrogens is 1. The van der Waals surface area contributed by atoms with E-state index in [1.165, 1.54) is 6.07 Å². The third-order valence-corrected chi connectivity index (χ3v) is 8.44. The van der Waals surface area contributed by atoms with E-state index in [-0.39, 0.29) is 23.6 Å². The summed E-state index contributed by atoms with van der Waals surface area (Å²) in [6, 6.07) is 11.5. The molecule has 2 aromatic carbocycles. The van der Waals surface area contributed by atoms with Crippen LogP contribution in [0.4, 0.5) is 10.1 Å². The molecule has 1 atom stereocenters. The molecule has 192 valence electrons. The average Bonchev–Trinajstić information content (AvgIpc) is 3.34. The van der Waals surface area contributed by atoms with E-state index in [4.69, 9.17) is 5.73 Å². The fraction of sp³-hybridized carbons (Fsp3) is 0.286. The van der Waals surface area contributed by atoms with Crippen molar-refractivity contribution in [3.8, 4) is 0 Å². The van der Waals surface area contributed by atoms with Crippen molar-refractivity contribution in [3.63, 3.8) is 0 Å². The number of hydrogen-bond donors (Lipinski definition) is 3. The van der Waals surface area contributed by atoms with Gasteiger partial charge in [0.1, 0.15) is 5.82 Å². The highest BCUT2D eigenvalue weighted by Crippen LogP contribution is 2.36. The molecule has 37 heavy (non-hydrogen) atoms. The molecule has 5 rings (SSSR count). The van der Waals surface area contributed by atoms with Gasteiger partial charge in [0.2, 0.25) is 0 Å². The number of nitrogens with two attached hydrogens (primary N) is 1. The van der Waals surface area contributed by atoms with Gasteiger partial charge in [-0.3, -0.25) is 13.8 Å². The normalized spacial score (nSPS) is 17.7. The first kappa shape index (κ1) is 25.1. The SMILES string of the molecule is Cc1[nH]c(/C=C2\C(=O)Nc3ccc(S(=O)Cc4ccccc4F)cc32)c(C)c1C(=O)N1CCC(N)CC1. The molecule has 2 amide bonds. The molecule has 0 bridgehead atoms. The number of fused-ring (bicyclic) bond motifs is 1. The third-order valence-electron chi connectivity index (χ3n) is 7.09. The molecule has 1 aromatic heterocycles. The number of benzene rings is 2. The van der Waals surface area contributed by atoms with Crippen molar-refractivity contribution >= 4 is 40.0 Å². The standard InChI is InChI=1S/C28H29FN4O3S/c1-16-25(31-17(2)26(16)28(35)33-11-9-19(30)10-12-33)14-22-21-13-20(7-8-24(21)32-27(22)34)37(36)15-18-5-3-4-6-23(18)29/h3-8,13-14,19,31H,9-12,15,30H2,1-2H3,(H,32,34)/b22-14-. The average molecular weight is 521 g/mol. The molecule has 2 aliphatic rings. The topological polar surface area (TPSA) is 108 Å². The Labute approximate surface area is 217 Å². The fourth-order valence-corrected chi connectivity index (χ4v) is 6.09. The summed E-state index contributed by atoms with van der Waals surface area (Å²) in [5.74, 6) is -0.681. The van der Waals surface area contributed by atoms with E-state index in [9.17, 15) is 18.2 Å². The first-order valence-corrected chi connectivity index (χ1v) is 13.6. The van der Waals surface area contributed by atoms with Crippen molar-refractivity contribution in [1.29, 1.82) is 0 Å². The van der Waals surface area contributed by atoms with Crippen LogP contribution in [-0.4, -0.2) is 45.0 Å². The lowest BCUT2D eigenvalue weighted by Gasteiger charge is -2.30. The lowest BCUT2D eigenvalue weighted by atomic mass is 10.0. The number of halogens is 1. The molecule has 9 heteroatoms. The third kappa shape index (κ3) is 4.89. The summed E-state index contributed by atoms with van der Waals surface area (Å²) in [6.45, 7) is 4.98. The van der Waals surface area contributed by atoms with Gasteiger partial charge in [-0.25, -0.2) is 4.39 Å². The molecule has 0 saturated carbocycles. The summed E-state index contributed by atoms with van der Waals surface area (Å²) < 4.78 is 27.1. The summed E-state index contributed by atoms with van der Waals surface area (Å²) in [7, 11) is -1.50. The van der Waals surface area contributed by atoms with E-state index in [0.29, 0.717) is 51.6 Å². The van der Waals surface area contributed by atoms with Gasteiger partial charge < -0.3 is 20.9 Å². The Morgan fingerprint density at radius 2 is 1.92 bits per heavy atom. The smallest absolute Gasteiger partial charge is 0.256 e. The van der Waals surface area contributed by atoms with Crippen LogP contribution in [-0.2, 0) is 21.3 Å². The number of amides is 2. The Morgan fingerprint density at radius 1 is 1.19 bits per heavy atom. The van der Waals surface area contributed by atoms with E-state index in [2.05, 4.69) is 10.3 Å². The lowest BCUT2D eigenvalue weighted by molar-refractivity contribution is -0.110. The van der Waals surface area contributed by atoms with Gasteiger partial charge in [0, 0.05) is 52.2 Å². The van der Waals surface area contributed by atoms with Gasteiger partial charge in [0.25, 0.3) is 11.8 Å². The fourth-order valence-electron chi connectivity index (χ4n) is 4.94. The number of aromatic amines is 1. The Hall–Kier alpha value is -3.56. The molecule has 1 fully saturated rings. The zero-order chi connectivity index (χ0) is 26.3. The van der Waals surface area contributed by atoms with Crippen molar-refractivity contribution in [2.75, 3.05) is 18.4 Å². The van der Waals surface area contributed by atoms with E-state index >= 15 is 0 Å². The van der Waals surface area contributed by atoms with Crippen LogP contribution in [0.15, 0.2) is 47.4 Å². The van der Waals surface area contributed by atoms with Crippen LogP contribution in [0.5, 0.6) is 0 Å². The predicted octanol–water partition coefficient (Wildman–Crippen LogP) is 4.13. The van der Waals surface area contributed by atoms with Crippen LogP contribution in [0.1, 0.15) is 51.3 Å². The number of carbonyl (C=O) groups is 2. The van der Waals surface area contributed by atoms with Gasteiger partial charge in [-0.1, -0.05) is 18.2 Å². The number of nitrogens with one attached hydrogen (secondary N) is 2. The number of aryl methyl sites for hydroxylation is 1. The van der Waals surface area contributed by atoms with E-state index in [1.54, 1.807) is 42.5 Å². The maximum Gasteiger partial charge on any atom is 0.256 e. The summed E-state index contributed by atoms with van der Waals surface area (Å²) in [5.41, 5.74) is 10.8. The zero-order valence-corrected chi connectivity index (χ0v) is 21.6. The number of nitrogens with zero attached hydrogens (tertiary/aromatic N) is 1. The van der Waals surface area contributed by atoms with Crippen LogP contribution in [0, 0.1) is 19.7 Å². The second kappa shape index (κ2) is 10.1. The monoisotopic (exact) mass is 520 g/mol. The van der Waals surface area contributed by atoms with Gasteiger partial charge in [-0.2, -0.15) is 0 Å². The van der Waals surface area contributed by atoms with Crippen LogP contribution < -0.4 is 11.1 Å². The number of piperidine rings is 1. The van der Waals surface area contributed by atoms with Crippen LogP contribution in [0.2, 0.25) is 0 Å². The van der Waals surface area contributed by atoms with Crippen LogP contribution >= 0.6 is 0 Å². The Kier molecular flexibility index (Phi) is 6.83. The maximum absolute atomic E-state index is 14.1. The van der Waals surface area contributed by atoms with Crippen molar-refractivity contribution in [3.05, 3.63) is 81.9 Å². The molecule has 3 heterocycles. The van der Waals surface area contributed by atoms with E-state index in [0.717, 1.165) is 24.1 Å². The van der Waals surface area contributed by atoms with Gasteiger partial charge >= 0.3 is 0 Å². The molecule has 0 radical (unpaired) electrons. The Balaban J connectivity index is 1.44. The summed E-state index contributed by atoms with van der Waals surface area (Å²) in [4.78, 5) is 31.7. The largest absolute Gasteiger partial charge is 0.358 e. The van der Waals surface area contributed by atoms with Gasteiger partial charge in [-0.15, -0.1) is 0 Å². The number of anilines is 1. The first-order chi connectivity index (χ1) is 17.7. The highest BCUT2D eigenvalue weighted by atomic mass is 32.2. The minimum Gasteiger partial charge on any atom is -0.358 e. The number of likely N-dealkylation sites (tertiary alicyclic amines) is 1. The number of rotatable bonds is 5. The molecule has 2 aliphatic heterocycles. The molecule has 4 N–H and O–H groups in total. The molecule has 3 aromatic rings. The van der Waals surface area contributed by atoms with Crippen LogP contribution in [0.3, 0.4) is 0 Å². The van der Waals surface area contributed by atoms with Gasteiger partial charge in [0.05, 0.1) is 27.7 Å². The van der Waals surface area contributed by atoms with Crippen molar-refractivity contribution in [2.24, 2.45) is 5.73 Å². The Bertz CT molecular complexity index is 1450. The highest BCUT2D eigenvalue weighted by molar-refractivity contribution is 7.84. The molecule has 1 saturated heterocycles. The second-order valence-electron chi connectivity index (χ2n) is 9.59. The first-order valence-electron chi connectivity index (χ1n) is 12.3. The lowest BCUT2D eigenvalue weighted by Crippen LogP contribution is -2.43. The minimum atomic E-state index is -1.50. The maximum atomic E-state index is 14.1. The summed E-state index contributed by atoms with van der Waals surface area (Å²) >= 11 is 0. The van der Waals surface area contributed by atoms with E-state index in [1.807, 2.05) is 18.7 Å². The van der Waals surface area contributed by atoms with Crippen molar-refractivity contribution < 1.29 is 18.2 Å². The zero-order valence-electron chi connectivity index (χ0n) is 20.8. The van der Waals surface area contributed by atoms with Crippen molar-refractivity contribution in [2.45, 2.75) is 43.4 Å². The molecule has 0 spiro atoms. The Morgan fingerprint density at radius 3 is 2.65 bits per heavy atom. The number of hydrogen-bond acceptors (Lipinski definition) is 4. The quantitative estimate of drug-likeness (QED) is 0.440. The molecular formula is C28H29FN4O3S. The molecule has 1 unspecified atom stereocenters. The van der Waals surface area contributed by atoms with Crippen molar-refractivity contribution in [1.82, 2.24) is 9.88 Å². The molecular weight excluding hydrogens is 491 g/mol.